The first-order valence-corrected chi connectivity index (χ1v) is 7.61. The maximum atomic E-state index is 6.23. The van der Waals surface area contributed by atoms with Gasteiger partial charge in [-0.2, -0.15) is 0 Å². The molecule has 3 aromatic rings. The molecule has 1 aromatic heterocycles. The molecule has 0 saturated carbocycles. The zero-order valence-electron chi connectivity index (χ0n) is 13.7. The number of hydrogen-bond donors (Lipinski definition) is 2. The van der Waals surface area contributed by atoms with Crippen LogP contribution in [0, 0.1) is 0 Å². The number of nitrogens with two attached hydrogens (primary N) is 1. The first-order chi connectivity index (χ1) is 11.7. The van der Waals surface area contributed by atoms with Crippen LogP contribution < -0.4 is 21.1 Å². The highest BCUT2D eigenvalue weighted by molar-refractivity contribution is 5.78. The van der Waals surface area contributed by atoms with Crippen molar-refractivity contribution in [1.29, 1.82) is 0 Å². The van der Waals surface area contributed by atoms with E-state index in [2.05, 4.69) is 15.4 Å². The van der Waals surface area contributed by atoms with Gasteiger partial charge in [-0.05, 0) is 24.3 Å². The minimum Gasteiger partial charge on any atom is -0.393 e. The van der Waals surface area contributed by atoms with Crippen molar-refractivity contribution in [3.63, 3.8) is 0 Å². The molecule has 0 aliphatic rings. The van der Waals surface area contributed by atoms with E-state index < -0.39 is 0 Å². The molecule has 0 atom stereocenters. The molecule has 0 unspecified atom stereocenters. The summed E-state index contributed by atoms with van der Waals surface area (Å²) >= 11 is 0. The van der Waals surface area contributed by atoms with E-state index in [0.717, 1.165) is 11.4 Å². The van der Waals surface area contributed by atoms with E-state index in [1.807, 2.05) is 84.7 Å². The SMILES string of the molecule is CN(C)c1ncnc(NN(c2ccccc2)c2ccccc2)c1N. The average Bonchev–Trinajstić information content (AvgIpc) is 2.62. The first kappa shape index (κ1) is 15.6. The molecule has 24 heavy (non-hydrogen) atoms. The number of para-hydroxylation sites is 2. The molecule has 0 spiro atoms. The van der Waals surface area contributed by atoms with Gasteiger partial charge >= 0.3 is 0 Å². The standard InChI is InChI=1S/C18H20N6/c1-23(2)18-16(19)17(20-13-21-18)22-24(14-9-5-3-6-10-14)15-11-7-4-8-12-15/h3-13H,19H2,1-2H3,(H,20,21,22). The lowest BCUT2D eigenvalue weighted by atomic mass is 10.2. The van der Waals surface area contributed by atoms with Gasteiger partial charge in [-0.1, -0.05) is 36.4 Å². The van der Waals surface area contributed by atoms with Crippen molar-refractivity contribution in [2.24, 2.45) is 0 Å². The van der Waals surface area contributed by atoms with E-state index in [0.29, 0.717) is 17.3 Å². The smallest absolute Gasteiger partial charge is 0.173 e. The molecule has 0 bridgehead atoms. The minimum absolute atomic E-state index is 0.499. The van der Waals surface area contributed by atoms with Gasteiger partial charge in [0.15, 0.2) is 11.6 Å². The summed E-state index contributed by atoms with van der Waals surface area (Å²) in [4.78, 5) is 10.4. The predicted molar refractivity (Wildman–Crippen MR) is 99.4 cm³/mol. The second-order valence-corrected chi connectivity index (χ2v) is 5.47. The number of benzene rings is 2. The number of hydrazine groups is 1. The average molecular weight is 320 g/mol. The third-order valence-electron chi connectivity index (χ3n) is 3.53. The van der Waals surface area contributed by atoms with Crippen LogP contribution in [0.1, 0.15) is 0 Å². The minimum atomic E-state index is 0.499. The summed E-state index contributed by atoms with van der Waals surface area (Å²) in [6.07, 6.45) is 1.50. The van der Waals surface area contributed by atoms with Gasteiger partial charge in [-0.3, -0.25) is 10.4 Å². The molecule has 1 heterocycles. The van der Waals surface area contributed by atoms with Gasteiger partial charge in [0.25, 0.3) is 0 Å². The van der Waals surface area contributed by atoms with Crippen molar-refractivity contribution in [3.05, 3.63) is 67.0 Å². The van der Waals surface area contributed by atoms with Crippen molar-refractivity contribution in [1.82, 2.24) is 9.97 Å². The number of hydrogen-bond acceptors (Lipinski definition) is 6. The second-order valence-electron chi connectivity index (χ2n) is 5.47. The van der Waals surface area contributed by atoms with Gasteiger partial charge in [0.1, 0.15) is 12.0 Å². The van der Waals surface area contributed by atoms with Crippen LogP contribution in [0.15, 0.2) is 67.0 Å². The van der Waals surface area contributed by atoms with Crippen LogP contribution in [0.4, 0.5) is 28.7 Å². The van der Waals surface area contributed by atoms with E-state index >= 15 is 0 Å². The molecule has 3 rings (SSSR count). The highest BCUT2D eigenvalue weighted by Crippen LogP contribution is 2.29. The van der Waals surface area contributed by atoms with Gasteiger partial charge in [0.2, 0.25) is 0 Å². The lowest BCUT2D eigenvalue weighted by Crippen LogP contribution is -2.26. The molecule has 0 radical (unpaired) electrons. The topological polar surface area (TPSA) is 70.3 Å². The Hall–Kier alpha value is -3.28. The molecule has 122 valence electrons. The number of nitrogens with one attached hydrogen (secondary N) is 1. The molecule has 3 N–H and O–H groups in total. The Morgan fingerprint density at radius 2 is 1.38 bits per heavy atom. The molecular weight excluding hydrogens is 300 g/mol. The van der Waals surface area contributed by atoms with E-state index in [1.165, 1.54) is 6.33 Å². The van der Waals surface area contributed by atoms with Crippen molar-refractivity contribution in [2.75, 3.05) is 35.2 Å². The molecule has 0 aliphatic heterocycles. The first-order valence-electron chi connectivity index (χ1n) is 7.61. The van der Waals surface area contributed by atoms with Crippen molar-refractivity contribution >= 4 is 28.7 Å². The lowest BCUT2D eigenvalue weighted by molar-refractivity contribution is 1.03. The summed E-state index contributed by atoms with van der Waals surface area (Å²) in [5.74, 6) is 1.23. The summed E-state index contributed by atoms with van der Waals surface area (Å²) in [7, 11) is 3.79. The van der Waals surface area contributed by atoms with Crippen LogP contribution in [0.5, 0.6) is 0 Å². The Labute approximate surface area is 141 Å². The fraction of sp³-hybridized carbons (Fsp3) is 0.111. The third kappa shape index (κ3) is 3.22. The second kappa shape index (κ2) is 6.87. The Morgan fingerprint density at radius 3 is 1.88 bits per heavy atom. The lowest BCUT2D eigenvalue weighted by Gasteiger charge is -2.27. The van der Waals surface area contributed by atoms with Crippen LogP contribution in [0.3, 0.4) is 0 Å². The molecule has 6 nitrogen and oxygen atoms in total. The molecule has 0 aliphatic carbocycles. The van der Waals surface area contributed by atoms with Gasteiger partial charge in [-0.25, -0.2) is 9.97 Å². The zero-order chi connectivity index (χ0) is 16.9. The number of nitrogen functional groups attached to an aromatic ring is 1. The van der Waals surface area contributed by atoms with E-state index in [1.54, 1.807) is 0 Å². The van der Waals surface area contributed by atoms with E-state index in [-0.39, 0.29) is 0 Å². The highest BCUT2D eigenvalue weighted by Gasteiger charge is 2.14. The fourth-order valence-electron chi connectivity index (χ4n) is 2.37. The number of nitrogens with zero attached hydrogens (tertiary/aromatic N) is 4. The Morgan fingerprint density at radius 1 is 0.833 bits per heavy atom. The summed E-state index contributed by atoms with van der Waals surface area (Å²) < 4.78 is 0. The maximum Gasteiger partial charge on any atom is 0.173 e. The van der Waals surface area contributed by atoms with Gasteiger partial charge in [0, 0.05) is 14.1 Å². The van der Waals surface area contributed by atoms with Crippen LogP contribution in [-0.2, 0) is 0 Å². The van der Waals surface area contributed by atoms with Gasteiger partial charge in [-0.15, -0.1) is 0 Å². The number of anilines is 5. The van der Waals surface area contributed by atoms with Crippen LogP contribution >= 0.6 is 0 Å². The van der Waals surface area contributed by atoms with Crippen molar-refractivity contribution < 1.29 is 0 Å². The Balaban J connectivity index is 2.01. The summed E-state index contributed by atoms with van der Waals surface area (Å²) in [5.41, 5.74) is 12.0. The van der Waals surface area contributed by atoms with Crippen molar-refractivity contribution in [3.8, 4) is 0 Å². The zero-order valence-corrected chi connectivity index (χ0v) is 13.7. The molecule has 2 aromatic carbocycles. The monoisotopic (exact) mass is 320 g/mol. The van der Waals surface area contributed by atoms with Gasteiger partial charge < -0.3 is 10.6 Å². The molecule has 0 fully saturated rings. The Kier molecular flexibility index (Phi) is 4.47. The normalized spacial score (nSPS) is 10.2. The van der Waals surface area contributed by atoms with Gasteiger partial charge in [0.05, 0.1) is 11.4 Å². The van der Waals surface area contributed by atoms with E-state index in [9.17, 15) is 0 Å². The maximum absolute atomic E-state index is 6.23. The third-order valence-corrected chi connectivity index (χ3v) is 3.53. The predicted octanol–water partition coefficient (Wildman–Crippen LogP) is 3.29. The Bertz CT molecular complexity index is 750. The quantitative estimate of drug-likeness (QED) is 0.703. The molecule has 0 amide bonds. The molecular formula is C18H20N6. The number of rotatable bonds is 5. The largest absolute Gasteiger partial charge is 0.393 e. The fourth-order valence-corrected chi connectivity index (χ4v) is 2.37. The van der Waals surface area contributed by atoms with Crippen molar-refractivity contribution in [2.45, 2.75) is 0 Å². The summed E-state index contributed by atoms with van der Waals surface area (Å²) in [6, 6.07) is 20.0. The molecule has 0 saturated heterocycles. The highest BCUT2D eigenvalue weighted by atomic mass is 15.5. The van der Waals surface area contributed by atoms with E-state index in [4.69, 9.17) is 5.73 Å². The summed E-state index contributed by atoms with van der Waals surface area (Å²) in [6.45, 7) is 0. The van der Waals surface area contributed by atoms with Crippen LogP contribution in [0.25, 0.3) is 0 Å². The van der Waals surface area contributed by atoms with Crippen LogP contribution in [-0.4, -0.2) is 24.1 Å². The number of aromatic nitrogens is 2. The molecule has 6 heteroatoms. The summed E-state index contributed by atoms with van der Waals surface area (Å²) in [5, 5.41) is 1.94. The van der Waals surface area contributed by atoms with Crippen LogP contribution in [0.2, 0.25) is 0 Å².